The molecule has 0 amide bonds. The first-order valence-corrected chi connectivity index (χ1v) is 15.8. The van der Waals surface area contributed by atoms with Crippen LogP contribution in [0.1, 0.15) is 48.0 Å². The first kappa shape index (κ1) is 32.8. The second kappa shape index (κ2) is 12.7. The maximum Gasteiger partial charge on any atom is 0.673 e. The minimum atomic E-state index is -6.00. The average molecular weight is 668 g/mol. The molecule has 215 valence electrons. The van der Waals surface area contributed by atoms with Gasteiger partial charge in [0, 0.05) is 30.1 Å². The fraction of sp³-hybridized carbons (Fsp3) is 0.448. The number of ether oxygens (including phenoxy) is 2. The van der Waals surface area contributed by atoms with Crippen LogP contribution < -0.4 is 20.1 Å². The molecule has 5 radical (unpaired) electrons. The molecule has 2 fully saturated rings. The molecule has 2 aliphatic carbocycles. The van der Waals surface area contributed by atoms with Crippen molar-refractivity contribution in [3.8, 4) is 11.5 Å². The molecule has 2 heterocycles. The monoisotopic (exact) mass is 668 g/mol. The molecular formula is C29H36BF4O2P2Rh-. The molecule has 2 aliphatic heterocycles. The Bertz CT molecular complexity index is 1010. The van der Waals surface area contributed by atoms with Gasteiger partial charge in [-0.15, -0.1) is 0 Å². The number of fused-ring (bicyclic) bond motifs is 4. The van der Waals surface area contributed by atoms with Crippen LogP contribution in [0.3, 0.4) is 0 Å². The number of hydrogen-bond donors (Lipinski definition) is 0. The Morgan fingerprint density at radius 2 is 0.949 bits per heavy atom. The number of halogens is 4. The summed E-state index contributed by atoms with van der Waals surface area (Å²) in [6.45, 7) is 14.1. The number of benzene rings is 2. The summed E-state index contributed by atoms with van der Waals surface area (Å²) < 4.78 is 52.2. The van der Waals surface area contributed by atoms with E-state index in [0.717, 1.165) is 23.3 Å². The summed E-state index contributed by atoms with van der Waals surface area (Å²) in [6, 6.07) is 17.2. The van der Waals surface area contributed by atoms with E-state index in [9.17, 15) is 17.3 Å². The van der Waals surface area contributed by atoms with Crippen LogP contribution in [0.15, 0.2) is 48.5 Å². The SMILES string of the molecule is CC(C)(C)[P@]1c2ccccc2O[C@@H]1[C@H]1Oc2ccccc2[P@@]1C(C)(C)C.F[B-](F)(F)F.[CH]1[CH]C2[CH][CH]C1C2.[Rh]. The summed E-state index contributed by atoms with van der Waals surface area (Å²) in [5, 5.41) is 3.12. The van der Waals surface area contributed by atoms with Gasteiger partial charge < -0.3 is 26.7 Å². The average Bonchev–Trinajstić information content (AvgIpc) is 3.58. The van der Waals surface area contributed by atoms with Crippen molar-refractivity contribution in [2.45, 2.75) is 70.0 Å². The van der Waals surface area contributed by atoms with Crippen LogP contribution in [0.5, 0.6) is 11.5 Å². The van der Waals surface area contributed by atoms with Crippen LogP contribution in [0.25, 0.3) is 0 Å². The molecular weight excluding hydrogens is 632 g/mol. The summed E-state index contributed by atoms with van der Waals surface area (Å²) >= 11 is 0. The molecule has 0 spiro atoms. The van der Waals surface area contributed by atoms with Crippen molar-refractivity contribution in [1.29, 1.82) is 0 Å². The standard InChI is InChI=1S/C22H28O2P2.C7H8.BF4.Rh/c1-21(2,3)25-17-13-9-7-11-15(17)23-19(25)20-24-16-12-8-10-14-18(16)26(20)22(4,5)6;1-2-7-4-3-6(1)5-7;2-1(3,4)5;/h7-14,19-20H,1-6H3;1-4,6-7H,5H2;;/q;;-1;/t19-,20-,25+,26+;;;/m0.../s1. The van der Waals surface area contributed by atoms with Crippen LogP contribution in [0.4, 0.5) is 17.3 Å². The van der Waals surface area contributed by atoms with E-state index in [0.29, 0.717) is 0 Å². The predicted molar refractivity (Wildman–Crippen MR) is 153 cm³/mol. The van der Waals surface area contributed by atoms with Gasteiger partial charge >= 0.3 is 7.25 Å². The Balaban J connectivity index is 0.000000266. The molecule has 10 heteroatoms. The summed E-state index contributed by atoms with van der Waals surface area (Å²) in [5.41, 5.74) is 0. The molecule has 2 aromatic rings. The van der Waals surface area contributed by atoms with E-state index in [4.69, 9.17) is 9.47 Å². The molecule has 2 nitrogen and oxygen atoms in total. The van der Waals surface area contributed by atoms with Crippen molar-refractivity contribution in [3.63, 3.8) is 0 Å². The zero-order chi connectivity index (χ0) is 27.9. The third-order valence-electron chi connectivity index (χ3n) is 6.70. The van der Waals surface area contributed by atoms with Gasteiger partial charge in [-0.25, -0.2) is 0 Å². The Kier molecular flexibility index (Phi) is 10.7. The first-order valence-electron chi connectivity index (χ1n) is 13.0. The van der Waals surface area contributed by atoms with Crippen molar-refractivity contribution >= 4 is 33.7 Å². The Morgan fingerprint density at radius 3 is 1.21 bits per heavy atom. The van der Waals surface area contributed by atoms with Crippen LogP contribution in [0.2, 0.25) is 0 Å². The Labute approximate surface area is 246 Å². The van der Waals surface area contributed by atoms with Gasteiger partial charge in [-0.1, -0.05) is 77.9 Å². The third kappa shape index (κ3) is 8.20. The van der Waals surface area contributed by atoms with E-state index in [1.165, 1.54) is 17.0 Å². The van der Waals surface area contributed by atoms with Gasteiger partial charge in [0.15, 0.2) is 11.7 Å². The van der Waals surface area contributed by atoms with Crippen molar-refractivity contribution in [1.82, 2.24) is 0 Å². The Hall–Kier alpha value is -0.692. The van der Waals surface area contributed by atoms with Crippen molar-refractivity contribution in [2.24, 2.45) is 11.8 Å². The zero-order valence-electron chi connectivity index (χ0n) is 23.1. The van der Waals surface area contributed by atoms with Crippen molar-refractivity contribution in [2.75, 3.05) is 0 Å². The van der Waals surface area contributed by atoms with Crippen LogP contribution in [-0.4, -0.2) is 29.3 Å². The topological polar surface area (TPSA) is 18.5 Å². The molecule has 0 unspecified atom stereocenters. The minimum Gasteiger partial charge on any atom is -0.481 e. The largest absolute Gasteiger partial charge is 0.673 e. The molecule has 0 saturated heterocycles. The van der Waals surface area contributed by atoms with E-state index < -0.39 is 23.1 Å². The maximum absolute atomic E-state index is 9.75. The van der Waals surface area contributed by atoms with Gasteiger partial charge in [-0.05, 0) is 82.2 Å². The second-order valence-corrected chi connectivity index (χ2v) is 18.0. The predicted octanol–water partition coefficient (Wildman–Crippen LogP) is 8.39. The van der Waals surface area contributed by atoms with E-state index in [1.54, 1.807) is 0 Å². The summed E-state index contributed by atoms with van der Waals surface area (Å²) in [6.07, 6.45) is 10.5. The minimum absolute atomic E-state index is 0. The second-order valence-electron chi connectivity index (χ2n) is 11.9. The molecule has 2 bridgehead atoms. The van der Waals surface area contributed by atoms with E-state index in [2.05, 4.69) is 116 Å². The summed E-state index contributed by atoms with van der Waals surface area (Å²) in [5.74, 6) is 3.96. The van der Waals surface area contributed by atoms with Crippen LogP contribution in [0, 0.1) is 37.5 Å². The third-order valence-corrected chi connectivity index (χ3v) is 13.4. The van der Waals surface area contributed by atoms with Crippen molar-refractivity contribution in [3.05, 3.63) is 74.2 Å². The molecule has 4 atom stereocenters. The number of rotatable bonds is 1. The van der Waals surface area contributed by atoms with E-state index >= 15 is 0 Å². The molecule has 0 N–H and O–H groups in total. The molecule has 6 rings (SSSR count). The van der Waals surface area contributed by atoms with Gasteiger partial charge in [-0.3, -0.25) is 0 Å². The Morgan fingerprint density at radius 1 is 0.641 bits per heavy atom. The van der Waals surface area contributed by atoms with Gasteiger partial charge in [0.2, 0.25) is 0 Å². The smallest absolute Gasteiger partial charge is 0.481 e. The summed E-state index contributed by atoms with van der Waals surface area (Å²) in [4.78, 5) is 0. The number of hydrogen-bond acceptors (Lipinski definition) is 2. The van der Waals surface area contributed by atoms with Crippen LogP contribution >= 0.6 is 15.8 Å². The number of para-hydroxylation sites is 2. The fourth-order valence-electron chi connectivity index (χ4n) is 5.34. The molecule has 2 saturated carbocycles. The van der Waals surface area contributed by atoms with Crippen LogP contribution in [-0.2, 0) is 19.5 Å². The quantitative estimate of drug-likeness (QED) is 0.173. The summed E-state index contributed by atoms with van der Waals surface area (Å²) in [7, 11) is -6.97. The van der Waals surface area contributed by atoms with Crippen molar-refractivity contribution < 1.29 is 46.2 Å². The maximum atomic E-state index is 9.75. The molecule has 2 aromatic carbocycles. The molecule has 39 heavy (non-hydrogen) atoms. The first-order chi connectivity index (χ1) is 17.6. The van der Waals surface area contributed by atoms with Gasteiger partial charge in [-0.2, -0.15) is 0 Å². The van der Waals surface area contributed by atoms with E-state index in [1.807, 2.05) is 0 Å². The zero-order valence-corrected chi connectivity index (χ0v) is 26.5. The molecule has 4 aliphatic rings. The van der Waals surface area contributed by atoms with E-state index in [-0.39, 0.29) is 41.5 Å². The van der Waals surface area contributed by atoms with Gasteiger partial charge in [0.05, 0.1) is 0 Å². The fourth-order valence-corrected chi connectivity index (χ4v) is 11.9. The van der Waals surface area contributed by atoms with Gasteiger partial charge in [0.1, 0.15) is 11.5 Å². The van der Waals surface area contributed by atoms with Gasteiger partial charge in [0.25, 0.3) is 0 Å². The molecule has 0 aromatic heterocycles. The normalized spacial score (nSPS) is 28.5.